The second kappa shape index (κ2) is 3.75. The molecule has 1 fully saturated rings. The van der Waals surface area contributed by atoms with Gasteiger partial charge in [-0.2, -0.15) is 0 Å². The summed E-state index contributed by atoms with van der Waals surface area (Å²) in [5.41, 5.74) is 5.73. The standard InChI is InChI=1S/C11H15NO3S/c1-2-15-9-3-5-10(6-4-9)16(13,14)11(12)7-8-11/h3-6H,2,7-8,12H2,1H3. The van der Waals surface area contributed by atoms with Gasteiger partial charge in [0.1, 0.15) is 10.6 Å². The maximum atomic E-state index is 12.0. The Kier molecular flexibility index (Phi) is 2.67. The van der Waals surface area contributed by atoms with Crippen LogP contribution >= 0.6 is 0 Å². The van der Waals surface area contributed by atoms with Crippen LogP contribution in [-0.4, -0.2) is 19.9 Å². The number of hydrogen-bond acceptors (Lipinski definition) is 4. The number of benzene rings is 1. The van der Waals surface area contributed by atoms with E-state index < -0.39 is 14.7 Å². The van der Waals surface area contributed by atoms with Gasteiger partial charge in [0.15, 0.2) is 9.84 Å². The molecule has 0 unspecified atom stereocenters. The van der Waals surface area contributed by atoms with Gasteiger partial charge in [0, 0.05) is 0 Å². The van der Waals surface area contributed by atoms with E-state index >= 15 is 0 Å². The number of hydrogen-bond donors (Lipinski definition) is 1. The molecule has 5 heteroatoms. The predicted octanol–water partition coefficient (Wildman–Crippen LogP) is 1.31. The molecular formula is C11H15NO3S. The predicted molar refractivity (Wildman–Crippen MR) is 60.9 cm³/mol. The second-order valence-electron chi connectivity index (χ2n) is 3.97. The van der Waals surface area contributed by atoms with Crippen LogP contribution < -0.4 is 10.5 Å². The zero-order chi connectivity index (χ0) is 11.8. The maximum absolute atomic E-state index is 12.0. The first kappa shape index (κ1) is 11.4. The van der Waals surface area contributed by atoms with Crippen molar-refractivity contribution in [1.82, 2.24) is 0 Å². The lowest BCUT2D eigenvalue weighted by atomic mass is 10.3. The van der Waals surface area contributed by atoms with Crippen LogP contribution in [0.5, 0.6) is 5.75 Å². The summed E-state index contributed by atoms with van der Waals surface area (Å²) in [7, 11) is -3.37. The van der Waals surface area contributed by atoms with Crippen molar-refractivity contribution in [3.05, 3.63) is 24.3 Å². The third-order valence-electron chi connectivity index (χ3n) is 2.72. The largest absolute Gasteiger partial charge is 0.494 e. The normalized spacial score (nSPS) is 18.1. The second-order valence-corrected chi connectivity index (χ2v) is 6.26. The van der Waals surface area contributed by atoms with Crippen LogP contribution in [0.1, 0.15) is 19.8 Å². The Morgan fingerprint density at radius 2 is 1.88 bits per heavy atom. The zero-order valence-electron chi connectivity index (χ0n) is 9.14. The van der Waals surface area contributed by atoms with E-state index in [0.717, 1.165) is 0 Å². The van der Waals surface area contributed by atoms with Gasteiger partial charge >= 0.3 is 0 Å². The minimum Gasteiger partial charge on any atom is -0.494 e. The molecule has 0 atom stereocenters. The SMILES string of the molecule is CCOc1ccc(S(=O)(=O)C2(N)CC2)cc1. The molecule has 1 aliphatic carbocycles. The van der Waals surface area contributed by atoms with Crippen LogP contribution in [0.4, 0.5) is 0 Å². The summed E-state index contributed by atoms with van der Waals surface area (Å²) in [5.74, 6) is 0.670. The minimum atomic E-state index is -3.37. The molecule has 1 aromatic carbocycles. The van der Waals surface area contributed by atoms with Crippen molar-refractivity contribution in [3.63, 3.8) is 0 Å². The molecule has 1 saturated carbocycles. The van der Waals surface area contributed by atoms with E-state index in [9.17, 15) is 8.42 Å². The number of sulfone groups is 1. The fourth-order valence-corrected chi connectivity index (χ4v) is 3.11. The Hall–Kier alpha value is -1.07. The van der Waals surface area contributed by atoms with Crippen molar-refractivity contribution >= 4 is 9.84 Å². The molecule has 0 saturated heterocycles. The number of nitrogens with two attached hydrogens (primary N) is 1. The third-order valence-corrected chi connectivity index (χ3v) is 5.09. The number of rotatable bonds is 4. The summed E-state index contributed by atoms with van der Waals surface area (Å²) in [5, 5.41) is 0. The van der Waals surface area contributed by atoms with Gasteiger partial charge in [0.05, 0.1) is 11.5 Å². The molecular weight excluding hydrogens is 226 g/mol. The van der Waals surface area contributed by atoms with E-state index in [2.05, 4.69) is 0 Å². The Morgan fingerprint density at radius 1 is 1.31 bits per heavy atom. The van der Waals surface area contributed by atoms with Gasteiger partial charge in [-0.05, 0) is 44.0 Å². The van der Waals surface area contributed by atoms with Gasteiger partial charge in [-0.25, -0.2) is 8.42 Å². The average Bonchev–Trinajstić information content (AvgIpc) is 3.00. The van der Waals surface area contributed by atoms with Gasteiger partial charge < -0.3 is 10.5 Å². The van der Waals surface area contributed by atoms with Gasteiger partial charge in [-0.15, -0.1) is 0 Å². The van der Waals surface area contributed by atoms with Crippen molar-refractivity contribution in [1.29, 1.82) is 0 Å². The molecule has 88 valence electrons. The topological polar surface area (TPSA) is 69.4 Å². The quantitative estimate of drug-likeness (QED) is 0.862. The van der Waals surface area contributed by atoms with E-state index in [1.807, 2.05) is 6.92 Å². The van der Waals surface area contributed by atoms with Crippen LogP contribution in [0.25, 0.3) is 0 Å². The summed E-state index contributed by atoms with van der Waals surface area (Å²) in [6.45, 7) is 2.44. The molecule has 4 nitrogen and oxygen atoms in total. The van der Waals surface area contributed by atoms with Gasteiger partial charge in [0.25, 0.3) is 0 Å². The van der Waals surface area contributed by atoms with Crippen LogP contribution in [0.3, 0.4) is 0 Å². The molecule has 0 bridgehead atoms. The highest BCUT2D eigenvalue weighted by atomic mass is 32.2. The van der Waals surface area contributed by atoms with Gasteiger partial charge in [0.2, 0.25) is 0 Å². The van der Waals surface area contributed by atoms with Crippen molar-refractivity contribution in [3.8, 4) is 5.75 Å². The van der Waals surface area contributed by atoms with Gasteiger partial charge in [-0.1, -0.05) is 0 Å². The lowest BCUT2D eigenvalue weighted by molar-refractivity contribution is 0.340. The van der Waals surface area contributed by atoms with Crippen molar-refractivity contribution in [2.24, 2.45) is 5.73 Å². The summed E-state index contributed by atoms with van der Waals surface area (Å²) in [6, 6.07) is 6.41. The lowest BCUT2D eigenvalue weighted by Crippen LogP contribution is -2.32. The first-order valence-electron chi connectivity index (χ1n) is 5.26. The molecule has 16 heavy (non-hydrogen) atoms. The summed E-state index contributed by atoms with van der Waals surface area (Å²) >= 11 is 0. The van der Waals surface area contributed by atoms with E-state index in [4.69, 9.17) is 10.5 Å². The number of ether oxygens (including phenoxy) is 1. The molecule has 0 amide bonds. The molecule has 0 aromatic heterocycles. The molecule has 0 radical (unpaired) electrons. The Balaban J connectivity index is 2.28. The average molecular weight is 241 g/mol. The molecule has 0 aliphatic heterocycles. The van der Waals surface area contributed by atoms with Gasteiger partial charge in [-0.3, -0.25) is 0 Å². The fourth-order valence-electron chi connectivity index (χ4n) is 1.51. The molecule has 2 N–H and O–H groups in total. The minimum absolute atomic E-state index is 0.274. The molecule has 2 rings (SSSR count). The summed E-state index contributed by atoms with van der Waals surface area (Å²) in [6.07, 6.45) is 1.09. The van der Waals surface area contributed by atoms with Crippen LogP contribution in [0.15, 0.2) is 29.2 Å². The summed E-state index contributed by atoms with van der Waals surface area (Å²) in [4.78, 5) is -0.754. The van der Waals surface area contributed by atoms with E-state index in [0.29, 0.717) is 25.2 Å². The van der Waals surface area contributed by atoms with Crippen molar-refractivity contribution < 1.29 is 13.2 Å². The highest BCUT2D eigenvalue weighted by molar-refractivity contribution is 7.93. The summed E-state index contributed by atoms with van der Waals surface area (Å²) < 4.78 is 29.3. The Morgan fingerprint density at radius 3 is 2.31 bits per heavy atom. The molecule has 1 aliphatic rings. The first-order valence-corrected chi connectivity index (χ1v) is 6.74. The van der Waals surface area contributed by atoms with Crippen molar-refractivity contribution in [2.45, 2.75) is 29.5 Å². The molecule has 0 heterocycles. The molecule has 1 aromatic rings. The smallest absolute Gasteiger partial charge is 0.196 e. The Labute approximate surface area is 95.3 Å². The van der Waals surface area contributed by atoms with Crippen LogP contribution in [-0.2, 0) is 9.84 Å². The highest BCUT2D eigenvalue weighted by Crippen LogP contribution is 2.41. The maximum Gasteiger partial charge on any atom is 0.196 e. The zero-order valence-corrected chi connectivity index (χ0v) is 9.96. The fraction of sp³-hybridized carbons (Fsp3) is 0.455. The van der Waals surface area contributed by atoms with Crippen LogP contribution in [0, 0.1) is 0 Å². The van der Waals surface area contributed by atoms with Crippen molar-refractivity contribution in [2.75, 3.05) is 6.61 Å². The van der Waals surface area contributed by atoms with E-state index in [1.54, 1.807) is 24.3 Å². The van der Waals surface area contributed by atoms with E-state index in [-0.39, 0.29) is 4.90 Å². The lowest BCUT2D eigenvalue weighted by Gasteiger charge is -2.11. The third kappa shape index (κ3) is 1.81. The first-order chi connectivity index (χ1) is 7.49. The highest BCUT2D eigenvalue weighted by Gasteiger charge is 2.51. The Bertz CT molecular complexity index is 474. The van der Waals surface area contributed by atoms with Crippen LogP contribution in [0.2, 0.25) is 0 Å². The molecule has 0 spiro atoms. The monoisotopic (exact) mass is 241 g/mol. The van der Waals surface area contributed by atoms with E-state index in [1.165, 1.54) is 0 Å².